The van der Waals surface area contributed by atoms with Crippen LogP contribution in [0.2, 0.25) is 0 Å². The summed E-state index contributed by atoms with van der Waals surface area (Å²) in [5, 5.41) is 2.82. The van der Waals surface area contributed by atoms with Gasteiger partial charge in [0.25, 0.3) is 0 Å². The maximum atomic E-state index is 12.3. The number of carbonyl (C=O) groups is 2. The smallest absolute Gasteiger partial charge is 0.240 e. The molecule has 1 N–H and O–H groups in total. The quantitative estimate of drug-likeness (QED) is 0.863. The molecule has 5 heteroatoms. The van der Waals surface area contributed by atoms with Gasteiger partial charge in [0, 0.05) is 23.1 Å². The zero-order chi connectivity index (χ0) is 14.0. The summed E-state index contributed by atoms with van der Waals surface area (Å²) < 4.78 is 0.883. The Morgan fingerprint density at radius 2 is 2.21 bits per heavy atom. The van der Waals surface area contributed by atoms with E-state index in [4.69, 9.17) is 0 Å². The zero-order valence-electron chi connectivity index (χ0n) is 11.1. The van der Waals surface area contributed by atoms with Gasteiger partial charge < -0.3 is 5.32 Å². The highest BCUT2D eigenvalue weighted by Gasteiger charge is 2.38. The van der Waals surface area contributed by atoms with E-state index >= 15 is 0 Å². The number of benzene rings is 1. The van der Waals surface area contributed by atoms with Crippen LogP contribution in [0.5, 0.6) is 0 Å². The predicted molar refractivity (Wildman–Crippen MR) is 77.1 cm³/mol. The number of hydrogen-bond acceptors (Lipinski definition) is 3. The first-order valence-corrected chi connectivity index (χ1v) is 7.02. The van der Waals surface area contributed by atoms with Crippen molar-refractivity contribution in [3.8, 4) is 0 Å². The number of rotatable bonds is 3. The summed E-state index contributed by atoms with van der Waals surface area (Å²) in [5.41, 5.74) is 0.0241. The Hall–Kier alpha value is -1.20. The van der Waals surface area contributed by atoms with Crippen LogP contribution in [0.25, 0.3) is 0 Å². The first kappa shape index (κ1) is 14.2. The average Bonchev–Trinajstić information content (AvgIpc) is 2.35. The Morgan fingerprint density at radius 1 is 1.47 bits per heavy atom. The molecular weight excluding hydrogens is 308 g/mol. The molecule has 102 valence electrons. The molecule has 1 aromatic rings. The van der Waals surface area contributed by atoms with E-state index in [-0.39, 0.29) is 18.2 Å². The van der Waals surface area contributed by atoms with E-state index in [2.05, 4.69) is 21.2 Å². The third-order valence-electron chi connectivity index (χ3n) is 3.49. The molecule has 4 nitrogen and oxygen atoms in total. The van der Waals surface area contributed by atoms with Crippen molar-refractivity contribution >= 4 is 27.6 Å². The maximum Gasteiger partial charge on any atom is 0.240 e. The van der Waals surface area contributed by atoms with E-state index in [9.17, 15) is 9.59 Å². The lowest BCUT2D eigenvalue weighted by Gasteiger charge is -2.40. The molecule has 1 heterocycles. The van der Waals surface area contributed by atoms with Gasteiger partial charge in [-0.15, -0.1) is 0 Å². The van der Waals surface area contributed by atoms with Crippen LogP contribution in [0.4, 0.5) is 0 Å². The van der Waals surface area contributed by atoms with E-state index in [1.54, 1.807) is 12.1 Å². The second-order valence-corrected chi connectivity index (χ2v) is 6.09. The summed E-state index contributed by atoms with van der Waals surface area (Å²) in [6.07, 6.45) is 0. The van der Waals surface area contributed by atoms with Crippen molar-refractivity contribution < 1.29 is 9.59 Å². The van der Waals surface area contributed by atoms with Crippen LogP contribution >= 0.6 is 15.9 Å². The van der Waals surface area contributed by atoms with Crippen molar-refractivity contribution in [2.75, 3.05) is 19.6 Å². The molecule has 1 amide bonds. The fraction of sp³-hybridized carbons (Fsp3) is 0.429. The Bertz CT molecular complexity index is 514. The minimum Gasteiger partial charge on any atom is -0.353 e. The number of hydrogen-bond donors (Lipinski definition) is 1. The highest BCUT2D eigenvalue weighted by Crippen LogP contribution is 2.19. The van der Waals surface area contributed by atoms with Gasteiger partial charge in [-0.05, 0) is 26.0 Å². The Labute approximate surface area is 121 Å². The Kier molecular flexibility index (Phi) is 4.06. The number of amides is 1. The minimum absolute atomic E-state index is 0.0270. The fourth-order valence-electron chi connectivity index (χ4n) is 2.15. The van der Waals surface area contributed by atoms with Crippen LogP contribution < -0.4 is 5.32 Å². The summed E-state index contributed by atoms with van der Waals surface area (Å²) in [5.74, 6) is 0.00451. The van der Waals surface area contributed by atoms with Gasteiger partial charge in [0.1, 0.15) is 0 Å². The number of nitrogens with zero attached hydrogens (tertiary/aromatic N) is 1. The number of nitrogens with one attached hydrogen (secondary N) is 1. The van der Waals surface area contributed by atoms with Crippen LogP contribution in [0, 0.1) is 0 Å². The van der Waals surface area contributed by atoms with Crippen molar-refractivity contribution in [2.45, 2.75) is 19.4 Å². The number of piperazine rings is 1. The predicted octanol–water partition coefficient (Wildman–Crippen LogP) is 1.84. The molecule has 0 saturated carbocycles. The summed E-state index contributed by atoms with van der Waals surface area (Å²) in [6, 6.07) is 7.32. The van der Waals surface area contributed by atoms with Crippen molar-refractivity contribution in [1.29, 1.82) is 0 Å². The van der Waals surface area contributed by atoms with Crippen LogP contribution in [0.1, 0.15) is 24.2 Å². The Balaban J connectivity index is 2.12. The number of ketones is 1. The standard InChI is InChI=1S/C14H17BrN2O2/c1-14(2)13(19)16-6-7-17(14)9-12(18)10-4-3-5-11(15)8-10/h3-5,8H,6-7,9H2,1-2H3,(H,16,19). The van der Waals surface area contributed by atoms with Crippen LogP contribution in [-0.2, 0) is 4.79 Å². The van der Waals surface area contributed by atoms with E-state index in [1.807, 2.05) is 30.9 Å². The second kappa shape index (κ2) is 5.43. The molecule has 0 radical (unpaired) electrons. The highest BCUT2D eigenvalue weighted by molar-refractivity contribution is 9.10. The number of halogens is 1. The topological polar surface area (TPSA) is 49.4 Å². The SMILES string of the molecule is CC1(C)C(=O)NCCN1CC(=O)c1cccc(Br)c1. The molecule has 2 rings (SSSR count). The number of Topliss-reactive ketones (excluding diaryl/α,β-unsaturated/α-hetero) is 1. The summed E-state index contributed by atoms with van der Waals surface area (Å²) >= 11 is 3.36. The normalized spacial score (nSPS) is 19.0. The minimum atomic E-state index is -0.639. The van der Waals surface area contributed by atoms with Gasteiger partial charge in [0.05, 0.1) is 12.1 Å². The molecule has 0 bridgehead atoms. The fourth-order valence-corrected chi connectivity index (χ4v) is 2.55. The summed E-state index contributed by atoms with van der Waals surface area (Å²) in [6.45, 7) is 5.23. The zero-order valence-corrected chi connectivity index (χ0v) is 12.7. The van der Waals surface area contributed by atoms with Crippen molar-refractivity contribution in [3.63, 3.8) is 0 Å². The molecule has 1 saturated heterocycles. The van der Waals surface area contributed by atoms with E-state index in [0.717, 1.165) is 4.47 Å². The van der Waals surface area contributed by atoms with Crippen molar-refractivity contribution in [3.05, 3.63) is 34.3 Å². The molecule has 1 fully saturated rings. The van der Waals surface area contributed by atoms with Gasteiger partial charge >= 0.3 is 0 Å². The third kappa shape index (κ3) is 3.04. The lowest BCUT2D eigenvalue weighted by Crippen LogP contribution is -2.62. The largest absolute Gasteiger partial charge is 0.353 e. The van der Waals surface area contributed by atoms with Crippen LogP contribution in [0.15, 0.2) is 28.7 Å². The summed E-state index contributed by atoms with van der Waals surface area (Å²) in [7, 11) is 0. The van der Waals surface area contributed by atoms with Gasteiger partial charge in [-0.1, -0.05) is 28.1 Å². The molecule has 1 aliphatic rings. The van der Waals surface area contributed by atoms with E-state index < -0.39 is 5.54 Å². The molecule has 0 aromatic heterocycles. The van der Waals surface area contributed by atoms with Gasteiger partial charge in [-0.2, -0.15) is 0 Å². The van der Waals surface area contributed by atoms with E-state index in [0.29, 0.717) is 18.7 Å². The molecule has 0 atom stereocenters. The molecule has 1 aromatic carbocycles. The molecule has 0 unspecified atom stereocenters. The van der Waals surface area contributed by atoms with Crippen LogP contribution in [-0.4, -0.2) is 41.8 Å². The molecule has 1 aliphatic heterocycles. The third-order valence-corrected chi connectivity index (χ3v) is 3.99. The maximum absolute atomic E-state index is 12.3. The van der Waals surface area contributed by atoms with Gasteiger partial charge in [-0.25, -0.2) is 0 Å². The molecule has 0 aliphatic carbocycles. The van der Waals surface area contributed by atoms with Gasteiger partial charge in [0.2, 0.25) is 5.91 Å². The lowest BCUT2D eigenvalue weighted by molar-refractivity contribution is -0.134. The molecule has 0 spiro atoms. The van der Waals surface area contributed by atoms with Gasteiger partial charge in [-0.3, -0.25) is 14.5 Å². The number of carbonyl (C=O) groups excluding carboxylic acids is 2. The van der Waals surface area contributed by atoms with Gasteiger partial charge in [0.15, 0.2) is 5.78 Å². The first-order chi connectivity index (χ1) is 8.91. The van der Waals surface area contributed by atoms with E-state index in [1.165, 1.54) is 0 Å². The summed E-state index contributed by atoms with van der Waals surface area (Å²) in [4.78, 5) is 26.0. The highest BCUT2D eigenvalue weighted by atomic mass is 79.9. The second-order valence-electron chi connectivity index (χ2n) is 5.17. The monoisotopic (exact) mass is 324 g/mol. The molecular formula is C14H17BrN2O2. The Morgan fingerprint density at radius 3 is 2.89 bits per heavy atom. The average molecular weight is 325 g/mol. The van der Waals surface area contributed by atoms with Crippen LogP contribution in [0.3, 0.4) is 0 Å². The lowest BCUT2D eigenvalue weighted by atomic mass is 9.98. The molecule has 19 heavy (non-hydrogen) atoms. The first-order valence-electron chi connectivity index (χ1n) is 6.23. The van der Waals surface area contributed by atoms with Crippen molar-refractivity contribution in [1.82, 2.24) is 10.2 Å². The van der Waals surface area contributed by atoms with Crippen molar-refractivity contribution in [2.24, 2.45) is 0 Å².